The van der Waals surface area contributed by atoms with Crippen molar-refractivity contribution >= 4 is 23.9 Å². The van der Waals surface area contributed by atoms with Gasteiger partial charge < -0.3 is 5.11 Å². The maximum Gasteiger partial charge on any atom is 0.250 e. The molecule has 0 saturated heterocycles. The first-order valence-electron chi connectivity index (χ1n) is 12.3. The number of benzene rings is 3. The summed E-state index contributed by atoms with van der Waals surface area (Å²) in [5, 5.41) is 23.8. The Hall–Kier alpha value is -4.17. The molecule has 4 rings (SSSR count). The summed E-state index contributed by atoms with van der Waals surface area (Å²) in [7, 11) is 0. The van der Waals surface area contributed by atoms with Crippen molar-refractivity contribution in [1.82, 2.24) is 20.2 Å². The average molecular weight is 526 g/mol. The molecule has 0 aliphatic rings. The second-order valence-corrected chi connectivity index (χ2v) is 10.7. The highest BCUT2D eigenvalue weighted by atomic mass is 32.2. The SMILES string of the molecule is C=CCc1cccc(C=NNC(=O)CSc2nnc(-c3ccc(C(C)(C)C)cc3)n2-c2ccccc2)c1O. The van der Waals surface area contributed by atoms with Crippen LogP contribution in [0.4, 0.5) is 0 Å². The molecule has 4 aromatic rings. The average Bonchev–Trinajstić information content (AvgIpc) is 3.34. The van der Waals surface area contributed by atoms with Gasteiger partial charge in [0, 0.05) is 16.8 Å². The van der Waals surface area contributed by atoms with Gasteiger partial charge in [0.15, 0.2) is 11.0 Å². The van der Waals surface area contributed by atoms with Crippen molar-refractivity contribution in [3.8, 4) is 22.8 Å². The number of rotatable bonds is 9. The van der Waals surface area contributed by atoms with Crippen molar-refractivity contribution in [2.24, 2.45) is 5.10 Å². The van der Waals surface area contributed by atoms with E-state index in [4.69, 9.17) is 0 Å². The molecule has 1 amide bonds. The molecule has 2 N–H and O–H groups in total. The Labute approximate surface area is 227 Å². The molecule has 0 atom stereocenters. The zero-order chi connectivity index (χ0) is 27.1. The number of phenolic OH excluding ortho intramolecular Hbond substituents is 1. The Balaban J connectivity index is 1.50. The lowest BCUT2D eigenvalue weighted by Gasteiger charge is -2.19. The van der Waals surface area contributed by atoms with Gasteiger partial charge in [0.2, 0.25) is 0 Å². The third kappa shape index (κ3) is 6.39. The molecule has 194 valence electrons. The van der Waals surface area contributed by atoms with Gasteiger partial charge in [-0.1, -0.05) is 93.2 Å². The first kappa shape index (κ1) is 26.9. The fraction of sp³-hybridized carbons (Fsp3) is 0.200. The lowest BCUT2D eigenvalue weighted by Crippen LogP contribution is -2.20. The minimum Gasteiger partial charge on any atom is -0.507 e. The van der Waals surface area contributed by atoms with Crippen molar-refractivity contribution in [2.45, 2.75) is 37.8 Å². The summed E-state index contributed by atoms with van der Waals surface area (Å²) in [4.78, 5) is 12.5. The number of hydrazone groups is 1. The first-order valence-corrected chi connectivity index (χ1v) is 13.2. The minimum absolute atomic E-state index is 0.0512. The maximum atomic E-state index is 12.5. The second-order valence-electron chi connectivity index (χ2n) is 9.73. The second kappa shape index (κ2) is 11.9. The smallest absolute Gasteiger partial charge is 0.250 e. The number of thioether (sulfide) groups is 1. The van der Waals surface area contributed by atoms with Gasteiger partial charge >= 0.3 is 0 Å². The van der Waals surface area contributed by atoms with Gasteiger partial charge in [-0.05, 0) is 41.2 Å². The van der Waals surface area contributed by atoms with E-state index in [1.165, 1.54) is 23.5 Å². The quantitative estimate of drug-likeness (QED) is 0.123. The molecule has 3 aromatic carbocycles. The van der Waals surface area contributed by atoms with Crippen LogP contribution in [0.2, 0.25) is 0 Å². The topological polar surface area (TPSA) is 92.4 Å². The van der Waals surface area contributed by atoms with E-state index in [2.05, 4.69) is 72.3 Å². The van der Waals surface area contributed by atoms with Crippen molar-refractivity contribution in [3.05, 3.63) is 102 Å². The zero-order valence-corrected chi connectivity index (χ0v) is 22.6. The molecule has 0 unspecified atom stereocenters. The number of hydrogen-bond donors (Lipinski definition) is 2. The highest BCUT2D eigenvalue weighted by Crippen LogP contribution is 2.30. The number of carbonyl (C=O) groups excluding carboxylic acids is 1. The van der Waals surface area contributed by atoms with Gasteiger partial charge in [0.1, 0.15) is 5.75 Å². The van der Waals surface area contributed by atoms with E-state index < -0.39 is 0 Å². The van der Waals surface area contributed by atoms with Crippen molar-refractivity contribution in [2.75, 3.05) is 5.75 Å². The highest BCUT2D eigenvalue weighted by molar-refractivity contribution is 7.99. The zero-order valence-electron chi connectivity index (χ0n) is 21.8. The maximum absolute atomic E-state index is 12.5. The van der Waals surface area contributed by atoms with E-state index >= 15 is 0 Å². The molecule has 7 nitrogen and oxygen atoms in total. The number of aromatic hydroxyl groups is 1. The molecule has 0 radical (unpaired) electrons. The molecule has 0 aliphatic carbocycles. The van der Waals surface area contributed by atoms with E-state index in [1.54, 1.807) is 12.1 Å². The molecule has 0 saturated carbocycles. The fourth-order valence-electron chi connectivity index (χ4n) is 3.85. The molecule has 38 heavy (non-hydrogen) atoms. The van der Waals surface area contributed by atoms with E-state index in [0.717, 1.165) is 16.8 Å². The van der Waals surface area contributed by atoms with E-state index in [0.29, 0.717) is 23.0 Å². The predicted octanol–water partition coefficient (Wildman–Crippen LogP) is 5.91. The number of nitrogens with zero attached hydrogens (tertiary/aromatic N) is 4. The molecule has 8 heteroatoms. The normalized spacial score (nSPS) is 11.6. The van der Waals surface area contributed by atoms with Crippen LogP contribution in [0.5, 0.6) is 5.75 Å². The van der Waals surface area contributed by atoms with Crippen LogP contribution < -0.4 is 5.43 Å². The fourth-order valence-corrected chi connectivity index (χ4v) is 4.60. The molecular formula is C30H31N5O2S. The van der Waals surface area contributed by atoms with Crippen molar-refractivity contribution < 1.29 is 9.90 Å². The Morgan fingerprint density at radius 2 is 1.79 bits per heavy atom. The van der Waals surface area contributed by atoms with Crippen LogP contribution in [-0.4, -0.2) is 37.7 Å². The number of phenols is 1. The standard InChI is InChI=1S/C30H31N5O2S/c1-5-10-21-11-9-12-23(27(21)37)19-31-32-26(36)20-38-29-34-33-28(35(29)25-13-7-6-8-14-25)22-15-17-24(18-16-22)30(2,3)4/h5-9,11-19,37H,1,10,20H2,2-4H3,(H,32,36). The summed E-state index contributed by atoms with van der Waals surface area (Å²) in [6.07, 6.45) is 3.69. The van der Waals surface area contributed by atoms with Crippen LogP contribution in [0.1, 0.15) is 37.5 Å². The number of aromatic nitrogens is 3. The summed E-state index contributed by atoms with van der Waals surface area (Å²) in [5.41, 5.74) is 6.91. The van der Waals surface area contributed by atoms with Crippen LogP contribution in [0.3, 0.4) is 0 Å². The summed E-state index contributed by atoms with van der Waals surface area (Å²) in [6.45, 7) is 10.2. The molecular weight excluding hydrogens is 494 g/mol. The number of para-hydroxylation sites is 2. The van der Waals surface area contributed by atoms with E-state index in [1.807, 2.05) is 47.0 Å². The lowest BCUT2D eigenvalue weighted by molar-refractivity contribution is -0.118. The third-order valence-corrected chi connectivity index (χ3v) is 6.83. The number of amides is 1. The Bertz CT molecular complexity index is 1440. The van der Waals surface area contributed by atoms with Crippen LogP contribution >= 0.6 is 11.8 Å². The largest absolute Gasteiger partial charge is 0.507 e. The Morgan fingerprint density at radius 3 is 2.47 bits per heavy atom. The summed E-state index contributed by atoms with van der Waals surface area (Å²) in [5.74, 6) is 0.617. The van der Waals surface area contributed by atoms with Crippen LogP contribution in [0, 0.1) is 0 Å². The van der Waals surface area contributed by atoms with Gasteiger partial charge in [-0.3, -0.25) is 9.36 Å². The van der Waals surface area contributed by atoms with Crippen LogP contribution in [-0.2, 0) is 16.6 Å². The third-order valence-electron chi connectivity index (χ3n) is 5.90. The number of hydrogen-bond acceptors (Lipinski definition) is 6. The monoisotopic (exact) mass is 525 g/mol. The van der Waals surface area contributed by atoms with Crippen molar-refractivity contribution in [1.29, 1.82) is 0 Å². The number of nitrogens with one attached hydrogen (secondary N) is 1. The Kier molecular flexibility index (Phi) is 8.43. The summed E-state index contributed by atoms with van der Waals surface area (Å²) in [6, 6.07) is 23.5. The van der Waals surface area contributed by atoms with Gasteiger partial charge in [-0.2, -0.15) is 5.10 Å². The van der Waals surface area contributed by atoms with Crippen LogP contribution in [0.25, 0.3) is 17.1 Å². The molecule has 0 fully saturated rings. The highest BCUT2D eigenvalue weighted by Gasteiger charge is 2.19. The molecule has 1 aromatic heterocycles. The van der Waals surface area contributed by atoms with Gasteiger partial charge in [-0.15, -0.1) is 16.8 Å². The number of allylic oxidation sites excluding steroid dienone is 1. The summed E-state index contributed by atoms with van der Waals surface area (Å²) >= 11 is 1.27. The van der Waals surface area contributed by atoms with E-state index in [-0.39, 0.29) is 22.8 Å². The van der Waals surface area contributed by atoms with Gasteiger partial charge in [0.25, 0.3) is 5.91 Å². The van der Waals surface area contributed by atoms with Crippen molar-refractivity contribution in [3.63, 3.8) is 0 Å². The molecule has 0 spiro atoms. The molecule has 1 heterocycles. The minimum atomic E-state index is -0.299. The number of carbonyl (C=O) groups is 1. The predicted molar refractivity (Wildman–Crippen MR) is 154 cm³/mol. The van der Waals surface area contributed by atoms with E-state index in [9.17, 15) is 9.90 Å². The lowest BCUT2D eigenvalue weighted by atomic mass is 9.87. The summed E-state index contributed by atoms with van der Waals surface area (Å²) < 4.78 is 1.95. The van der Waals surface area contributed by atoms with Crippen LogP contribution in [0.15, 0.2) is 95.7 Å². The Morgan fingerprint density at radius 1 is 1.05 bits per heavy atom. The van der Waals surface area contributed by atoms with Gasteiger partial charge in [-0.25, -0.2) is 5.43 Å². The molecule has 0 bridgehead atoms. The first-order chi connectivity index (χ1) is 18.3. The van der Waals surface area contributed by atoms with Gasteiger partial charge in [0.05, 0.1) is 12.0 Å². The molecule has 0 aliphatic heterocycles.